The van der Waals surface area contributed by atoms with E-state index in [9.17, 15) is 4.79 Å². The smallest absolute Gasteiger partial charge is 0.225 e. The molecule has 0 spiro atoms. The van der Waals surface area contributed by atoms with Crippen LogP contribution in [0.3, 0.4) is 0 Å². The molecule has 1 heterocycles. The van der Waals surface area contributed by atoms with Crippen LogP contribution in [-0.4, -0.2) is 30.0 Å². The number of amides is 1. The van der Waals surface area contributed by atoms with Gasteiger partial charge in [-0.3, -0.25) is 4.79 Å². The first-order valence-electron chi connectivity index (χ1n) is 6.02. The summed E-state index contributed by atoms with van der Waals surface area (Å²) < 4.78 is 0. The minimum atomic E-state index is 0. The topological polar surface area (TPSA) is 41.1 Å². The number of rotatable bonds is 3. The molecule has 19 heavy (non-hydrogen) atoms. The molecule has 0 bridgehead atoms. The van der Waals surface area contributed by atoms with Gasteiger partial charge in [0.15, 0.2) is 0 Å². The summed E-state index contributed by atoms with van der Waals surface area (Å²) in [4.78, 5) is 11.9. The molecule has 0 aliphatic carbocycles. The van der Waals surface area contributed by atoms with Gasteiger partial charge in [0.05, 0.1) is 0 Å². The second kappa shape index (κ2) is 8.00. The van der Waals surface area contributed by atoms with Crippen molar-refractivity contribution >= 4 is 47.4 Å². The molecule has 6 heteroatoms. The summed E-state index contributed by atoms with van der Waals surface area (Å²) in [5.41, 5.74) is 1.78. The third-order valence-electron chi connectivity index (χ3n) is 2.89. The van der Waals surface area contributed by atoms with Gasteiger partial charge in [0, 0.05) is 41.2 Å². The molecule has 0 aromatic heterocycles. The second-order valence-electron chi connectivity index (χ2n) is 4.44. The Kier molecular flexibility index (Phi) is 7.00. The zero-order valence-electron chi connectivity index (χ0n) is 10.7. The van der Waals surface area contributed by atoms with Crippen LogP contribution < -0.4 is 10.6 Å². The quantitative estimate of drug-likeness (QED) is 0.899. The molecule has 1 amide bonds. The van der Waals surface area contributed by atoms with Gasteiger partial charge in [-0.2, -0.15) is 11.8 Å². The predicted octanol–water partition coefficient (Wildman–Crippen LogP) is 3.10. The SMILES string of the molecule is Cc1ccc(NC(=O)CC2CSCCN2)cc1Cl.Cl. The van der Waals surface area contributed by atoms with E-state index in [1.165, 1.54) is 0 Å². The van der Waals surface area contributed by atoms with Gasteiger partial charge in [0.2, 0.25) is 5.91 Å². The molecule has 2 rings (SSSR count). The van der Waals surface area contributed by atoms with Gasteiger partial charge >= 0.3 is 0 Å². The van der Waals surface area contributed by atoms with E-state index in [0.29, 0.717) is 11.4 Å². The second-order valence-corrected chi connectivity index (χ2v) is 6.00. The van der Waals surface area contributed by atoms with Crippen molar-refractivity contribution < 1.29 is 4.79 Å². The number of carbonyl (C=O) groups excluding carboxylic acids is 1. The molecule has 1 atom stereocenters. The van der Waals surface area contributed by atoms with Crippen molar-refractivity contribution in [1.29, 1.82) is 0 Å². The van der Waals surface area contributed by atoms with Crippen molar-refractivity contribution in [3.05, 3.63) is 28.8 Å². The van der Waals surface area contributed by atoms with E-state index in [1.807, 2.05) is 30.8 Å². The van der Waals surface area contributed by atoms with Crippen LogP contribution in [0.1, 0.15) is 12.0 Å². The monoisotopic (exact) mass is 320 g/mol. The van der Waals surface area contributed by atoms with Crippen LogP contribution in [0.5, 0.6) is 0 Å². The zero-order chi connectivity index (χ0) is 13.0. The number of anilines is 1. The van der Waals surface area contributed by atoms with Crippen LogP contribution in [0.15, 0.2) is 18.2 Å². The highest BCUT2D eigenvalue weighted by Crippen LogP contribution is 2.20. The van der Waals surface area contributed by atoms with Crippen molar-refractivity contribution in [2.45, 2.75) is 19.4 Å². The van der Waals surface area contributed by atoms with E-state index in [0.717, 1.165) is 29.3 Å². The van der Waals surface area contributed by atoms with Crippen molar-refractivity contribution in [2.75, 3.05) is 23.4 Å². The molecular weight excluding hydrogens is 303 g/mol. The standard InChI is InChI=1S/C13H17ClN2OS.ClH/c1-9-2-3-10(6-12(9)14)16-13(17)7-11-8-18-5-4-15-11;/h2-3,6,11,15H,4-5,7-8H2,1H3,(H,16,17);1H. The summed E-state index contributed by atoms with van der Waals surface area (Å²) in [6.45, 7) is 2.93. The fourth-order valence-electron chi connectivity index (χ4n) is 1.86. The summed E-state index contributed by atoms with van der Waals surface area (Å²) in [6, 6.07) is 5.86. The molecule has 2 N–H and O–H groups in total. The average Bonchev–Trinajstić information content (AvgIpc) is 2.35. The first kappa shape index (κ1) is 16.6. The summed E-state index contributed by atoms with van der Waals surface area (Å²) in [6.07, 6.45) is 0.512. The largest absolute Gasteiger partial charge is 0.326 e. The van der Waals surface area contributed by atoms with Crippen LogP contribution in [0.4, 0.5) is 5.69 Å². The third kappa shape index (κ3) is 5.22. The van der Waals surface area contributed by atoms with E-state index < -0.39 is 0 Å². The van der Waals surface area contributed by atoms with E-state index in [1.54, 1.807) is 6.07 Å². The lowest BCUT2D eigenvalue weighted by molar-refractivity contribution is -0.116. The van der Waals surface area contributed by atoms with E-state index in [-0.39, 0.29) is 24.4 Å². The molecule has 0 saturated carbocycles. The Hall–Kier alpha value is -0.420. The lowest BCUT2D eigenvalue weighted by Gasteiger charge is -2.22. The van der Waals surface area contributed by atoms with Gasteiger partial charge < -0.3 is 10.6 Å². The highest BCUT2D eigenvalue weighted by Gasteiger charge is 2.16. The Labute approximate surface area is 129 Å². The van der Waals surface area contributed by atoms with Crippen LogP contribution in [0.25, 0.3) is 0 Å². The Morgan fingerprint density at radius 3 is 3.00 bits per heavy atom. The highest BCUT2D eigenvalue weighted by molar-refractivity contribution is 7.99. The predicted molar refractivity (Wildman–Crippen MR) is 85.8 cm³/mol. The summed E-state index contributed by atoms with van der Waals surface area (Å²) in [7, 11) is 0. The number of carbonyl (C=O) groups is 1. The number of halogens is 2. The minimum absolute atomic E-state index is 0. The molecular formula is C13H18Cl2N2OS. The number of thioether (sulfide) groups is 1. The van der Waals surface area contributed by atoms with Gasteiger partial charge in [-0.25, -0.2) is 0 Å². The fraction of sp³-hybridized carbons (Fsp3) is 0.462. The summed E-state index contributed by atoms with van der Waals surface area (Å²) >= 11 is 7.91. The van der Waals surface area contributed by atoms with Crippen molar-refractivity contribution in [2.24, 2.45) is 0 Å². The molecule has 0 radical (unpaired) electrons. The molecule has 1 aliphatic heterocycles. The maximum Gasteiger partial charge on any atom is 0.225 e. The highest BCUT2D eigenvalue weighted by atomic mass is 35.5. The first-order valence-corrected chi connectivity index (χ1v) is 7.55. The van der Waals surface area contributed by atoms with Gasteiger partial charge in [0.25, 0.3) is 0 Å². The first-order chi connectivity index (χ1) is 8.65. The van der Waals surface area contributed by atoms with Crippen molar-refractivity contribution in [3.8, 4) is 0 Å². The molecule has 1 aromatic carbocycles. The number of aryl methyl sites for hydroxylation is 1. The van der Waals surface area contributed by atoms with E-state index >= 15 is 0 Å². The summed E-state index contributed by atoms with van der Waals surface area (Å²) in [5.74, 6) is 2.17. The summed E-state index contributed by atoms with van der Waals surface area (Å²) in [5, 5.41) is 6.91. The molecule has 1 fully saturated rings. The Balaban J connectivity index is 0.00000180. The van der Waals surface area contributed by atoms with Gasteiger partial charge in [-0.15, -0.1) is 12.4 Å². The normalized spacial score (nSPS) is 18.5. The molecule has 1 unspecified atom stereocenters. The fourth-order valence-corrected chi connectivity index (χ4v) is 2.99. The van der Waals surface area contributed by atoms with Gasteiger partial charge in [-0.1, -0.05) is 17.7 Å². The molecule has 106 valence electrons. The van der Waals surface area contributed by atoms with Crippen LogP contribution in [0.2, 0.25) is 5.02 Å². The van der Waals surface area contributed by atoms with E-state index in [2.05, 4.69) is 10.6 Å². The number of nitrogens with one attached hydrogen (secondary N) is 2. The number of benzene rings is 1. The van der Waals surface area contributed by atoms with Crippen LogP contribution >= 0.6 is 35.8 Å². The maximum absolute atomic E-state index is 11.9. The third-order valence-corrected chi connectivity index (χ3v) is 4.42. The van der Waals surface area contributed by atoms with Crippen LogP contribution in [-0.2, 0) is 4.79 Å². The molecule has 1 saturated heterocycles. The Bertz CT molecular complexity index is 437. The van der Waals surface area contributed by atoms with Crippen molar-refractivity contribution in [1.82, 2.24) is 5.32 Å². The lowest BCUT2D eigenvalue weighted by atomic mass is 10.2. The van der Waals surface area contributed by atoms with E-state index in [4.69, 9.17) is 11.6 Å². The zero-order valence-corrected chi connectivity index (χ0v) is 13.1. The van der Waals surface area contributed by atoms with Gasteiger partial charge in [0.1, 0.15) is 0 Å². The maximum atomic E-state index is 11.9. The minimum Gasteiger partial charge on any atom is -0.326 e. The number of hydrogen-bond donors (Lipinski definition) is 2. The Morgan fingerprint density at radius 2 is 2.37 bits per heavy atom. The number of hydrogen-bond acceptors (Lipinski definition) is 3. The molecule has 1 aliphatic rings. The van der Waals surface area contributed by atoms with Gasteiger partial charge in [-0.05, 0) is 24.6 Å². The average molecular weight is 321 g/mol. The molecule has 3 nitrogen and oxygen atoms in total. The molecule has 1 aromatic rings. The van der Waals surface area contributed by atoms with Crippen molar-refractivity contribution in [3.63, 3.8) is 0 Å². The van der Waals surface area contributed by atoms with Crippen LogP contribution in [0, 0.1) is 6.92 Å². The Morgan fingerprint density at radius 1 is 1.58 bits per heavy atom. The lowest BCUT2D eigenvalue weighted by Crippen LogP contribution is -2.39.